The van der Waals surface area contributed by atoms with Crippen molar-refractivity contribution in [3.8, 4) is 0 Å². The number of hydrogen-bond donors (Lipinski definition) is 1. The van der Waals surface area contributed by atoms with E-state index < -0.39 is 5.60 Å². The van der Waals surface area contributed by atoms with E-state index in [2.05, 4.69) is 6.58 Å². The third-order valence-electron chi connectivity index (χ3n) is 5.76. The number of rotatable bonds is 2. The Balaban J connectivity index is 1.63. The molecule has 0 aromatic rings. The first-order chi connectivity index (χ1) is 7.45. The first kappa shape index (κ1) is 9.23. The van der Waals surface area contributed by atoms with Crippen LogP contribution in [-0.2, 0) is 9.53 Å². The van der Waals surface area contributed by atoms with Crippen LogP contribution >= 0.6 is 0 Å². The third kappa shape index (κ3) is 0.576. The van der Waals surface area contributed by atoms with Crippen LogP contribution in [0.15, 0.2) is 12.2 Å². The molecule has 0 aliphatic heterocycles. The van der Waals surface area contributed by atoms with E-state index in [-0.39, 0.29) is 17.0 Å². The Hall–Kier alpha value is -0.830. The summed E-state index contributed by atoms with van der Waals surface area (Å²) in [6.07, 6.45) is 3.78. The second-order valence-electron chi connectivity index (χ2n) is 6.28. The highest BCUT2D eigenvalue weighted by atomic mass is 16.6. The van der Waals surface area contributed by atoms with E-state index in [9.17, 15) is 9.90 Å². The van der Waals surface area contributed by atoms with Crippen LogP contribution in [0.25, 0.3) is 0 Å². The zero-order valence-corrected chi connectivity index (χ0v) is 9.45. The highest BCUT2D eigenvalue weighted by molar-refractivity contribution is 5.87. The van der Waals surface area contributed by atoms with Gasteiger partial charge in [0.1, 0.15) is 5.60 Å². The van der Waals surface area contributed by atoms with Crippen LogP contribution in [-0.4, -0.2) is 22.3 Å². The lowest BCUT2D eigenvalue weighted by molar-refractivity contribution is -0.503. The SMILES string of the molecule is C=C(C)C(=O)OC12CC3CC4CC(O)(C1)C432. The van der Waals surface area contributed by atoms with E-state index in [1.54, 1.807) is 6.92 Å². The molecule has 4 saturated carbocycles. The Morgan fingerprint density at radius 3 is 2.62 bits per heavy atom. The maximum atomic E-state index is 11.6. The molecule has 0 saturated heterocycles. The quantitative estimate of drug-likeness (QED) is 0.565. The largest absolute Gasteiger partial charge is 0.455 e. The summed E-state index contributed by atoms with van der Waals surface area (Å²) in [6.45, 7) is 5.29. The van der Waals surface area contributed by atoms with Gasteiger partial charge in [0.25, 0.3) is 0 Å². The number of esters is 1. The summed E-state index contributed by atoms with van der Waals surface area (Å²) in [7, 11) is 0. The molecule has 0 aromatic carbocycles. The van der Waals surface area contributed by atoms with E-state index >= 15 is 0 Å². The van der Waals surface area contributed by atoms with Gasteiger partial charge in [-0.1, -0.05) is 6.58 Å². The molecule has 4 aliphatic carbocycles. The number of aliphatic hydroxyl groups is 1. The van der Waals surface area contributed by atoms with Crippen molar-refractivity contribution < 1.29 is 14.6 Å². The lowest BCUT2D eigenvalue weighted by atomic mass is 9.15. The zero-order valence-electron chi connectivity index (χ0n) is 9.45. The molecular weight excluding hydrogens is 204 g/mol. The highest BCUT2D eigenvalue weighted by Crippen LogP contribution is 2.91. The Labute approximate surface area is 94.5 Å². The molecule has 4 aliphatic rings. The molecule has 1 N–H and O–H groups in total. The molecule has 5 unspecified atom stereocenters. The van der Waals surface area contributed by atoms with Gasteiger partial charge in [-0.15, -0.1) is 0 Å². The molecule has 0 amide bonds. The Morgan fingerprint density at radius 2 is 2.12 bits per heavy atom. The number of ether oxygens (including phenoxy) is 1. The second kappa shape index (κ2) is 2.10. The number of carbonyl (C=O) groups excluding carboxylic acids is 1. The molecule has 0 heterocycles. The number of carbonyl (C=O) groups is 1. The van der Waals surface area contributed by atoms with Gasteiger partial charge in [-0.2, -0.15) is 0 Å². The fraction of sp³-hybridized carbons (Fsp3) is 0.769. The van der Waals surface area contributed by atoms with Crippen molar-refractivity contribution in [2.24, 2.45) is 17.3 Å². The molecule has 3 nitrogen and oxygen atoms in total. The molecule has 16 heavy (non-hydrogen) atoms. The van der Waals surface area contributed by atoms with Crippen molar-refractivity contribution in [1.82, 2.24) is 0 Å². The molecule has 0 bridgehead atoms. The predicted molar refractivity (Wildman–Crippen MR) is 56.5 cm³/mol. The summed E-state index contributed by atoms with van der Waals surface area (Å²) in [6, 6.07) is 0. The third-order valence-corrected chi connectivity index (χ3v) is 5.76. The van der Waals surface area contributed by atoms with E-state index in [1.165, 1.54) is 6.42 Å². The lowest BCUT2D eigenvalue weighted by Gasteiger charge is -2.92. The normalized spacial score (nSPS) is 58.9. The minimum absolute atomic E-state index is 0.0227. The molecule has 0 radical (unpaired) electrons. The maximum Gasteiger partial charge on any atom is 0.333 e. The zero-order chi connectivity index (χ0) is 11.3. The van der Waals surface area contributed by atoms with Gasteiger partial charge >= 0.3 is 5.97 Å². The van der Waals surface area contributed by atoms with Crippen molar-refractivity contribution in [2.75, 3.05) is 0 Å². The summed E-state index contributed by atoms with van der Waals surface area (Å²) in [5.41, 5.74) is -0.372. The molecule has 3 heteroatoms. The minimum atomic E-state index is -0.492. The topological polar surface area (TPSA) is 46.5 Å². The van der Waals surface area contributed by atoms with Crippen LogP contribution in [0, 0.1) is 17.3 Å². The van der Waals surface area contributed by atoms with Crippen LogP contribution in [0.4, 0.5) is 0 Å². The Kier molecular flexibility index (Phi) is 1.21. The van der Waals surface area contributed by atoms with Crippen LogP contribution in [0.1, 0.15) is 32.6 Å². The van der Waals surface area contributed by atoms with Crippen LogP contribution in [0.3, 0.4) is 0 Å². The summed E-state index contributed by atoms with van der Waals surface area (Å²) in [5.74, 6) is 0.943. The molecule has 0 aromatic heterocycles. The van der Waals surface area contributed by atoms with E-state index in [4.69, 9.17) is 4.74 Å². The molecule has 5 atom stereocenters. The van der Waals surface area contributed by atoms with Gasteiger partial charge in [-0.3, -0.25) is 0 Å². The fourth-order valence-electron chi connectivity index (χ4n) is 5.42. The van der Waals surface area contributed by atoms with Gasteiger partial charge in [-0.05, 0) is 38.0 Å². The van der Waals surface area contributed by atoms with E-state index in [1.807, 2.05) is 0 Å². The monoisotopic (exact) mass is 220 g/mol. The first-order valence-corrected chi connectivity index (χ1v) is 6.06. The van der Waals surface area contributed by atoms with Crippen molar-refractivity contribution in [1.29, 1.82) is 0 Å². The molecule has 4 rings (SSSR count). The number of hydrogen-bond acceptors (Lipinski definition) is 3. The summed E-state index contributed by atoms with van der Waals surface area (Å²) < 4.78 is 5.63. The van der Waals surface area contributed by atoms with Gasteiger partial charge in [0.15, 0.2) is 0 Å². The minimum Gasteiger partial charge on any atom is -0.455 e. The molecular formula is C13H16O3. The lowest BCUT2D eigenvalue weighted by Crippen LogP contribution is -2.97. The van der Waals surface area contributed by atoms with Gasteiger partial charge in [0, 0.05) is 17.4 Å². The molecule has 86 valence electrons. The summed E-state index contributed by atoms with van der Waals surface area (Å²) >= 11 is 0. The molecule has 1 spiro atoms. The van der Waals surface area contributed by atoms with Crippen LogP contribution < -0.4 is 0 Å². The van der Waals surface area contributed by atoms with Crippen molar-refractivity contribution in [3.63, 3.8) is 0 Å². The predicted octanol–water partition coefficient (Wildman–Crippen LogP) is 1.41. The Bertz CT molecular complexity index is 436. The van der Waals surface area contributed by atoms with Gasteiger partial charge < -0.3 is 9.84 Å². The highest BCUT2D eigenvalue weighted by Gasteiger charge is 2.96. The van der Waals surface area contributed by atoms with Gasteiger partial charge in [0.05, 0.1) is 5.60 Å². The van der Waals surface area contributed by atoms with E-state index in [0.717, 1.165) is 12.8 Å². The van der Waals surface area contributed by atoms with Crippen molar-refractivity contribution >= 4 is 5.97 Å². The maximum absolute atomic E-state index is 11.6. The van der Waals surface area contributed by atoms with Crippen LogP contribution in [0.2, 0.25) is 0 Å². The fourth-order valence-corrected chi connectivity index (χ4v) is 5.42. The average Bonchev–Trinajstić information content (AvgIpc) is 2.09. The Morgan fingerprint density at radius 1 is 1.44 bits per heavy atom. The first-order valence-electron chi connectivity index (χ1n) is 6.06. The van der Waals surface area contributed by atoms with Crippen molar-refractivity contribution in [2.45, 2.75) is 43.8 Å². The van der Waals surface area contributed by atoms with Crippen molar-refractivity contribution in [3.05, 3.63) is 12.2 Å². The smallest absolute Gasteiger partial charge is 0.333 e. The van der Waals surface area contributed by atoms with Gasteiger partial charge in [-0.25, -0.2) is 4.79 Å². The van der Waals surface area contributed by atoms with Gasteiger partial charge in [0.2, 0.25) is 0 Å². The standard InChI is InChI=1S/C13H16O3/c1-7(2)10(14)16-12-5-9-3-8-4-11(15,6-12)13(8,9)12/h8-9,15H,1,3-6H2,2H3. The summed E-state index contributed by atoms with van der Waals surface area (Å²) in [5, 5.41) is 10.4. The second-order valence-corrected chi connectivity index (χ2v) is 6.28. The van der Waals surface area contributed by atoms with Crippen LogP contribution in [0.5, 0.6) is 0 Å². The molecule has 4 fully saturated rings. The van der Waals surface area contributed by atoms with E-state index in [0.29, 0.717) is 23.8 Å². The summed E-state index contributed by atoms with van der Waals surface area (Å²) in [4.78, 5) is 11.6. The average molecular weight is 220 g/mol.